The first-order chi connectivity index (χ1) is 13.1. The molecule has 0 unspecified atom stereocenters. The van der Waals surface area contributed by atoms with E-state index < -0.39 is 10.0 Å². The summed E-state index contributed by atoms with van der Waals surface area (Å²) in [6, 6.07) is 4.97. The minimum atomic E-state index is -3.72. The van der Waals surface area contributed by atoms with Crippen LogP contribution in [0.4, 0.5) is 0 Å². The largest absolute Gasteiger partial charge is 0.376 e. The molecular formula is C17H22N4O4S2. The second-order valence-corrected chi connectivity index (χ2v) is 9.41. The molecule has 2 atom stereocenters. The highest BCUT2D eigenvalue weighted by molar-refractivity contribution is 7.89. The fourth-order valence-corrected chi connectivity index (χ4v) is 5.94. The molecule has 0 bridgehead atoms. The van der Waals surface area contributed by atoms with Gasteiger partial charge >= 0.3 is 0 Å². The van der Waals surface area contributed by atoms with Crippen LogP contribution in [0.1, 0.15) is 25.7 Å². The predicted octanol–water partition coefficient (Wildman–Crippen LogP) is 1.39. The predicted molar refractivity (Wildman–Crippen MR) is 101 cm³/mol. The Bertz CT molecular complexity index is 924. The van der Waals surface area contributed by atoms with Gasteiger partial charge in [0.1, 0.15) is 15.9 Å². The Morgan fingerprint density at radius 1 is 1.30 bits per heavy atom. The molecule has 1 aromatic carbocycles. The zero-order chi connectivity index (χ0) is 18.9. The lowest BCUT2D eigenvalue weighted by atomic mass is 9.99. The third-order valence-corrected chi connectivity index (χ3v) is 7.59. The van der Waals surface area contributed by atoms with Crippen molar-refractivity contribution in [2.75, 3.05) is 26.2 Å². The summed E-state index contributed by atoms with van der Waals surface area (Å²) >= 11 is 0.995. The van der Waals surface area contributed by atoms with Gasteiger partial charge in [0.2, 0.25) is 15.9 Å². The van der Waals surface area contributed by atoms with Crippen molar-refractivity contribution in [3.8, 4) is 0 Å². The van der Waals surface area contributed by atoms with Crippen LogP contribution in [-0.4, -0.2) is 59.7 Å². The van der Waals surface area contributed by atoms with E-state index in [2.05, 4.69) is 14.1 Å². The Hall–Kier alpha value is -1.62. The van der Waals surface area contributed by atoms with Crippen LogP contribution >= 0.6 is 11.7 Å². The molecular weight excluding hydrogens is 388 g/mol. The van der Waals surface area contributed by atoms with E-state index in [4.69, 9.17) is 4.74 Å². The first-order valence-electron chi connectivity index (χ1n) is 9.16. The van der Waals surface area contributed by atoms with Gasteiger partial charge in [0.25, 0.3) is 0 Å². The molecule has 0 aliphatic carbocycles. The number of hydrogen-bond donors (Lipinski definition) is 1. The molecule has 1 N–H and O–H groups in total. The number of aromatic nitrogens is 2. The number of ether oxygens (including phenoxy) is 1. The second-order valence-electron chi connectivity index (χ2n) is 6.97. The lowest BCUT2D eigenvalue weighted by Crippen LogP contribution is -2.46. The SMILES string of the molecule is O=C(NC[C@H]1CCCO1)[C@@H]1CCCN(S(=O)(=O)c2cccc3nsnc23)C1. The summed E-state index contributed by atoms with van der Waals surface area (Å²) in [5, 5.41) is 2.93. The van der Waals surface area contributed by atoms with Gasteiger partial charge in [-0.2, -0.15) is 13.1 Å². The van der Waals surface area contributed by atoms with Crippen molar-refractivity contribution in [1.82, 2.24) is 18.4 Å². The topological polar surface area (TPSA) is 101 Å². The Morgan fingerprint density at radius 2 is 2.19 bits per heavy atom. The normalized spacial score (nSPS) is 24.3. The minimum absolute atomic E-state index is 0.0761. The molecule has 1 aromatic heterocycles. The van der Waals surface area contributed by atoms with Crippen LogP contribution in [-0.2, 0) is 19.6 Å². The monoisotopic (exact) mass is 410 g/mol. The Balaban J connectivity index is 1.47. The molecule has 3 heterocycles. The van der Waals surface area contributed by atoms with Crippen molar-refractivity contribution in [2.24, 2.45) is 5.92 Å². The van der Waals surface area contributed by atoms with Crippen molar-refractivity contribution < 1.29 is 17.9 Å². The molecule has 146 valence electrons. The lowest BCUT2D eigenvalue weighted by Gasteiger charge is -2.31. The molecule has 2 aromatic rings. The number of piperidine rings is 1. The molecule has 2 fully saturated rings. The number of nitrogens with one attached hydrogen (secondary N) is 1. The van der Waals surface area contributed by atoms with Crippen molar-refractivity contribution in [3.05, 3.63) is 18.2 Å². The van der Waals surface area contributed by atoms with Gasteiger partial charge in [-0.25, -0.2) is 8.42 Å². The lowest BCUT2D eigenvalue weighted by molar-refractivity contribution is -0.126. The van der Waals surface area contributed by atoms with Gasteiger partial charge in [0.15, 0.2) is 0 Å². The number of benzene rings is 1. The van der Waals surface area contributed by atoms with Gasteiger partial charge < -0.3 is 10.1 Å². The summed E-state index contributed by atoms with van der Waals surface area (Å²) < 4.78 is 41.5. The van der Waals surface area contributed by atoms with Crippen molar-refractivity contribution >= 4 is 38.7 Å². The number of carbonyl (C=O) groups excluding carboxylic acids is 1. The van der Waals surface area contributed by atoms with E-state index >= 15 is 0 Å². The van der Waals surface area contributed by atoms with Gasteiger partial charge in [-0.3, -0.25) is 4.79 Å². The molecule has 0 spiro atoms. The average Bonchev–Trinajstić information content (AvgIpc) is 3.37. The maximum Gasteiger partial charge on any atom is 0.245 e. The van der Waals surface area contributed by atoms with Crippen molar-refractivity contribution in [2.45, 2.75) is 36.7 Å². The van der Waals surface area contributed by atoms with Crippen LogP contribution in [0, 0.1) is 5.92 Å². The first-order valence-corrected chi connectivity index (χ1v) is 11.3. The fraction of sp³-hybridized carbons (Fsp3) is 0.588. The number of nitrogens with zero attached hydrogens (tertiary/aromatic N) is 3. The third kappa shape index (κ3) is 3.84. The maximum atomic E-state index is 13.1. The van der Waals surface area contributed by atoms with Gasteiger partial charge in [0.05, 0.1) is 23.8 Å². The van der Waals surface area contributed by atoms with Crippen LogP contribution in [0.15, 0.2) is 23.1 Å². The van der Waals surface area contributed by atoms with E-state index in [1.54, 1.807) is 18.2 Å². The molecule has 8 nitrogen and oxygen atoms in total. The van der Waals surface area contributed by atoms with Crippen molar-refractivity contribution in [3.63, 3.8) is 0 Å². The summed E-state index contributed by atoms with van der Waals surface area (Å²) in [5.41, 5.74) is 0.969. The van der Waals surface area contributed by atoms with E-state index in [9.17, 15) is 13.2 Å². The molecule has 1 amide bonds. The summed E-state index contributed by atoms with van der Waals surface area (Å²) in [4.78, 5) is 12.7. The standard InChI is InChI=1S/C17H22N4O4S2/c22-17(18-10-13-5-3-9-25-13)12-4-2-8-21(11-12)27(23,24)15-7-1-6-14-16(15)20-26-19-14/h1,6-7,12-13H,2-5,8-11H2,(H,18,22)/t12-,13-/m1/s1. The van der Waals surface area contributed by atoms with Crippen LogP contribution in [0.25, 0.3) is 11.0 Å². The van der Waals surface area contributed by atoms with E-state index in [0.717, 1.165) is 31.2 Å². The number of fused-ring (bicyclic) bond motifs is 1. The summed E-state index contributed by atoms with van der Waals surface area (Å²) in [6.07, 6.45) is 3.39. The summed E-state index contributed by atoms with van der Waals surface area (Å²) in [7, 11) is -3.72. The Kier molecular flexibility index (Phi) is 5.40. The van der Waals surface area contributed by atoms with E-state index in [1.165, 1.54) is 4.31 Å². The van der Waals surface area contributed by atoms with E-state index in [1.807, 2.05) is 0 Å². The zero-order valence-corrected chi connectivity index (χ0v) is 16.5. The van der Waals surface area contributed by atoms with E-state index in [-0.39, 0.29) is 29.4 Å². The smallest absolute Gasteiger partial charge is 0.245 e. The average molecular weight is 411 g/mol. The van der Waals surface area contributed by atoms with Crippen LogP contribution in [0.2, 0.25) is 0 Å². The van der Waals surface area contributed by atoms with Crippen LogP contribution in [0.5, 0.6) is 0 Å². The van der Waals surface area contributed by atoms with Crippen LogP contribution < -0.4 is 5.32 Å². The molecule has 27 heavy (non-hydrogen) atoms. The Morgan fingerprint density at radius 3 is 3.00 bits per heavy atom. The van der Waals surface area contributed by atoms with Gasteiger partial charge in [0, 0.05) is 26.2 Å². The summed E-state index contributed by atoms with van der Waals surface area (Å²) in [5.74, 6) is -0.443. The van der Waals surface area contributed by atoms with Gasteiger partial charge in [-0.05, 0) is 37.8 Å². The Labute approximate surface area is 162 Å². The molecule has 0 radical (unpaired) electrons. The minimum Gasteiger partial charge on any atom is -0.376 e. The van der Waals surface area contributed by atoms with E-state index in [0.29, 0.717) is 37.0 Å². The van der Waals surface area contributed by atoms with Gasteiger partial charge in [-0.15, -0.1) is 0 Å². The number of sulfonamides is 1. The van der Waals surface area contributed by atoms with Crippen molar-refractivity contribution in [1.29, 1.82) is 0 Å². The maximum absolute atomic E-state index is 13.1. The van der Waals surface area contributed by atoms with Crippen LogP contribution in [0.3, 0.4) is 0 Å². The van der Waals surface area contributed by atoms with Gasteiger partial charge in [-0.1, -0.05) is 6.07 Å². The number of amides is 1. The second kappa shape index (κ2) is 7.78. The zero-order valence-electron chi connectivity index (χ0n) is 14.8. The third-order valence-electron chi connectivity index (χ3n) is 5.15. The quantitative estimate of drug-likeness (QED) is 0.799. The fourth-order valence-electron chi connectivity index (χ4n) is 3.67. The first kappa shape index (κ1) is 18.7. The molecule has 10 heteroatoms. The number of rotatable bonds is 5. The molecule has 2 aliphatic heterocycles. The molecule has 4 rings (SSSR count). The summed E-state index contributed by atoms with van der Waals surface area (Å²) in [6.45, 7) is 1.83. The number of hydrogen-bond acceptors (Lipinski definition) is 7. The highest BCUT2D eigenvalue weighted by atomic mass is 32.2. The molecule has 2 aliphatic rings. The molecule has 2 saturated heterocycles. The highest BCUT2D eigenvalue weighted by Gasteiger charge is 2.34. The number of carbonyl (C=O) groups is 1. The highest BCUT2D eigenvalue weighted by Crippen LogP contribution is 2.28. The molecule has 0 saturated carbocycles.